The van der Waals surface area contributed by atoms with Crippen molar-refractivity contribution in [2.24, 2.45) is 5.73 Å². The molecular formula is C18H11Cl2N5O2. The lowest BCUT2D eigenvalue weighted by Crippen LogP contribution is -2.15. The quantitative estimate of drug-likeness (QED) is 0.551. The zero-order valence-corrected chi connectivity index (χ0v) is 15.1. The minimum Gasteiger partial charge on any atom is -0.364 e. The number of rotatable bonds is 3. The van der Waals surface area contributed by atoms with Gasteiger partial charge in [-0.2, -0.15) is 0 Å². The highest BCUT2D eigenvalue weighted by molar-refractivity contribution is 6.33. The van der Waals surface area contributed by atoms with Crippen LogP contribution in [0.1, 0.15) is 10.5 Å². The number of benzene rings is 2. The highest BCUT2D eigenvalue weighted by atomic mass is 35.5. The summed E-state index contributed by atoms with van der Waals surface area (Å²) >= 11 is 12.3. The van der Waals surface area contributed by atoms with Gasteiger partial charge in [0, 0.05) is 10.6 Å². The van der Waals surface area contributed by atoms with Crippen molar-refractivity contribution in [3.63, 3.8) is 0 Å². The molecular weight excluding hydrogens is 389 g/mol. The normalized spacial score (nSPS) is 11.0. The number of nitrogens with one attached hydrogen (secondary N) is 1. The molecule has 4 aromatic rings. The summed E-state index contributed by atoms with van der Waals surface area (Å²) in [6.07, 6.45) is 0. The van der Waals surface area contributed by atoms with E-state index in [2.05, 4.69) is 15.0 Å². The lowest BCUT2D eigenvalue weighted by Gasteiger charge is -2.07. The van der Waals surface area contributed by atoms with Gasteiger partial charge >= 0.3 is 5.69 Å². The first kappa shape index (κ1) is 17.3. The molecule has 3 N–H and O–H groups in total. The third kappa shape index (κ3) is 2.97. The maximum atomic E-state index is 12.6. The van der Waals surface area contributed by atoms with Gasteiger partial charge in [0.05, 0.1) is 10.7 Å². The number of imidazole rings is 1. The maximum Gasteiger partial charge on any atom is 0.332 e. The monoisotopic (exact) mass is 399 g/mol. The van der Waals surface area contributed by atoms with Crippen molar-refractivity contribution in [3.05, 3.63) is 74.8 Å². The Bertz CT molecular complexity index is 1260. The first-order valence-electron chi connectivity index (χ1n) is 7.79. The highest BCUT2D eigenvalue weighted by Gasteiger charge is 2.21. The van der Waals surface area contributed by atoms with Gasteiger partial charge in [-0.05, 0) is 30.3 Å². The van der Waals surface area contributed by atoms with Crippen molar-refractivity contribution in [1.82, 2.24) is 19.5 Å². The van der Waals surface area contributed by atoms with Gasteiger partial charge in [0.2, 0.25) is 0 Å². The average Bonchev–Trinajstić information content (AvgIpc) is 2.96. The topological polar surface area (TPSA) is 107 Å². The highest BCUT2D eigenvalue weighted by Crippen LogP contribution is 2.27. The number of nitrogens with zero attached hydrogens (tertiary/aromatic N) is 3. The van der Waals surface area contributed by atoms with Gasteiger partial charge in [-0.15, -0.1) is 0 Å². The first-order chi connectivity index (χ1) is 13.0. The van der Waals surface area contributed by atoms with Crippen molar-refractivity contribution in [3.8, 4) is 17.1 Å². The Morgan fingerprint density at radius 1 is 1.07 bits per heavy atom. The van der Waals surface area contributed by atoms with Crippen molar-refractivity contribution in [1.29, 1.82) is 0 Å². The molecule has 2 aromatic heterocycles. The van der Waals surface area contributed by atoms with Crippen LogP contribution in [-0.2, 0) is 0 Å². The molecule has 0 saturated carbocycles. The number of aromatic amines is 1. The third-order valence-electron chi connectivity index (χ3n) is 3.95. The number of carbonyl (C=O) groups is 1. The summed E-state index contributed by atoms with van der Waals surface area (Å²) in [5.74, 6) is -0.619. The lowest BCUT2D eigenvalue weighted by molar-refractivity contribution is 0.0997. The molecule has 0 unspecified atom stereocenters. The van der Waals surface area contributed by atoms with Crippen LogP contribution in [0.15, 0.2) is 53.3 Å². The summed E-state index contributed by atoms with van der Waals surface area (Å²) in [6, 6.07) is 13.6. The van der Waals surface area contributed by atoms with Crippen LogP contribution in [0.3, 0.4) is 0 Å². The number of H-pyrrole nitrogens is 1. The van der Waals surface area contributed by atoms with E-state index >= 15 is 0 Å². The summed E-state index contributed by atoms with van der Waals surface area (Å²) < 4.78 is 1.30. The summed E-state index contributed by atoms with van der Waals surface area (Å²) in [5, 5.41) is 0.851. The van der Waals surface area contributed by atoms with Crippen molar-refractivity contribution in [2.45, 2.75) is 0 Å². The smallest absolute Gasteiger partial charge is 0.332 e. The van der Waals surface area contributed by atoms with E-state index in [1.165, 1.54) is 4.57 Å². The molecule has 27 heavy (non-hydrogen) atoms. The number of halogens is 2. The number of hydrogen-bond acceptors (Lipinski definition) is 4. The maximum absolute atomic E-state index is 12.6. The van der Waals surface area contributed by atoms with Crippen molar-refractivity contribution < 1.29 is 4.79 Å². The Balaban J connectivity index is 2.10. The number of aromatic nitrogens is 4. The fourth-order valence-electron chi connectivity index (χ4n) is 2.78. The van der Waals surface area contributed by atoms with Gasteiger partial charge in [0.15, 0.2) is 17.2 Å². The van der Waals surface area contributed by atoms with Crippen LogP contribution in [0.5, 0.6) is 0 Å². The molecule has 0 spiro atoms. The van der Waals surface area contributed by atoms with E-state index in [-0.39, 0.29) is 22.7 Å². The second-order valence-corrected chi connectivity index (χ2v) is 6.53. The molecule has 2 aromatic carbocycles. The fraction of sp³-hybridized carbons (Fsp3) is 0. The van der Waals surface area contributed by atoms with Crippen LogP contribution < -0.4 is 11.4 Å². The van der Waals surface area contributed by atoms with E-state index < -0.39 is 11.6 Å². The standard InChI is InChI=1S/C18H11Cl2N5O2/c19-9-4-3-5-10(8-9)25-17-14(23-18(25)27)13(15(21)26)22-16(24-17)11-6-1-2-7-12(11)20/h1-8H,(H2,21,26)(H,23,27). The van der Waals surface area contributed by atoms with E-state index in [0.29, 0.717) is 21.3 Å². The molecule has 0 radical (unpaired) electrons. The van der Waals surface area contributed by atoms with Gasteiger partial charge in [0.25, 0.3) is 5.91 Å². The van der Waals surface area contributed by atoms with E-state index in [0.717, 1.165) is 0 Å². The zero-order chi connectivity index (χ0) is 19.1. The number of nitrogens with two attached hydrogens (primary N) is 1. The van der Waals surface area contributed by atoms with Crippen molar-refractivity contribution >= 4 is 40.3 Å². The van der Waals surface area contributed by atoms with E-state index in [1.807, 2.05) is 0 Å². The van der Waals surface area contributed by atoms with Crippen LogP contribution in [0.4, 0.5) is 0 Å². The lowest BCUT2D eigenvalue weighted by atomic mass is 10.2. The predicted molar refractivity (Wildman–Crippen MR) is 103 cm³/mol. The van der Waals surface area contributed by atoms with E-state index in [1.54, 1.807) is 48.5 Å². The second-order valence-electron chi connectivity index (χ2n) is 5.68. The van der Waals surface area contributed by atoms with Gasteiger partial charge in [-0.25, -0.2) is 19.3 Å². The molecule has 134 valence electrons. The Labute approximate surface area is 162 Å². The molecule has 0 fully saturated rings. The Morgan fingerprint density at radius 2 is 1.85 bits per heavy atom. The number of hydrogen-bond donors (Lipinski definition) is 2. The molecule has 7 nitrogen and oxygen atoms in total. The largest absolute Gasteiger partial charge is 0.364 e. The molecule has 9 heteroatoms. The third-order valence-corrected chi connectivity index (χ3v) is 4.52. The summed E-state index contributed by atoms with van der Waals surface area (Å²) in [6.45, 7) is 0. The fourth-order valence-corrected chi connectivity index (χ4v) is 3.19. The molecule has 0 saturated heterocycles. The summed E-state index contributed by atoms with van der Waals surface area (Å²) in [5.41, 5.74) is 6.20. The van der Waals surface area contributed by atoms with Gasteiger partial charge < -0.3 is 10.7 Å². The number of fused-ring (bicyclic) bond motifs is 1. The van der Waals surface area contributed by atoms with Crippen LogP contribution in [0.25, 0.3) is 28.2 Å². The molecule has 0 aliphatic heterocycles. The van der Waals surface area contributed by atoms with Crippen LogP contribution in [-0.4, -0.2) is 25.4 Å². The first-order valence-corrected chi connectivity index (χ1v) is 8.54. The molecule has 0 atom stereocenters. The average molecular weight is 400 g/mol. The van der Waals surface area contributed by atoms with Crippen LogP contribution in [0.2, 0.25) is 10.0 Å². The summed E-state index contributed by atoms with van der Waals surface area (Å²) in [7, 11) is 0. The molecule has 0 aliphatic carbocycles. The summed E-state index contributed by atoms with van der Waals surface area (Å²) in [4.78, 5) is 35.8. The van der Waals surface area contributed by atoms with Gasteiger partial charge in [-0.1, -0.05) is 41.4 Å². The van der Waals surface area contributed by atoms with Gasteiger partial charge in [0.1, 0.15) is 5.52 Å². The van der Waals surface area contributed by atoms with Gasteiger partial charge in [-0.3, -0.25) is 4.79 Å². The zero-order valence-electron chi connectivity index (χ0n) is 13.6. The van der Waals surface area contributed by atoms with E-state index in [4.69, 9.17) is 28.9 Å². The molecule has 1 amide bonds. The number of carbonyl (C=O) groups excluding carboxylic acids is 1. The van der Waals surface area contributed by atoms with Crippen LogP contribution >= 0.6 is 23.2 Å². The minimum absolute atomic E-state index is 0.104. The second kappa shape index (κ2) is 6.53. The number of primary amides is 1. The number of amides is 1. The Kier molecular flexibility index (Phi) is 4.18. The molecule has 4 rings (SSSR count). The Hall–Kier alpha value is -3.16. The molecule has 2 heterocycles. The SMILES string of the molecule is NC(=O)c1nc(-c2ccccc2Cl)nc2c1[nH]c(=O)n2-c1cccc(Cl)c1. The van der Waals surface area contributed by atoms with Crippen LogP contribution in [0, 0.1) is 0 Å². The van der Waals surface area contributed by atoms with Crippen molar-refractivity contribution in [2.75, 3.05) is 0 Å². The van der Waals surface area contributed by atoms with E-state index in [9.17, 15) is 9.59 Å². The minimum atomic E-state index is -0.796. The molecule has 0 aliphatic rings. The Morgan fingerprint density at radius 3 is 2.56 bits per heavy atom. The molecule has 0 bridgehead atoms. The predicted octanol–water partition coefficient (Wildman–Crippen LogP) is 3.18.